The maximum Gasteiger partial charge on any atom is 0.412 e. The second kappa shape index (κ2) is 9.23. The van der Waals surface area contributed by atoms with Crippen LogP contribution in [0.4, 0.5) is 4.79 Å². The molecule has 0 saturated carbocycles. The van der Waals surface area contributed by atoms with Crippen LogP contribution >= 0.6 is 0 Å². The van der Waals surface area contributed by atoms with Crippen molar-refractivity contribution >= 4 is 18.0 Å². The molecule has 0 bridgehead atoms. The molecule has 3 N–H and O–H groups in total. The normalized spacial score (nSPS) is 10.3. The van der Waals surface area contributed by atoms with E-state index in [-0.39, 0.29) is 18.7 Å². The van der Waals surface area contributed by atoms with E-state index in [1.807, 2.05) is 0 Å². The summed E-state index contributed by atoms with van der Waals surface area (Å²) in [6.07, 6.45) is -0.897. The predicted octanol–water partition coefficient (Wildman–Crippen LogP) is 2.31. The summed E-state index contributed by atoms with van der Waals surface area (Å²) in [7, 11) is 1.56. The van der Waals surface area contributed by atoms with Crippen LogP contribution in [-0.4, -0.2) is 35.4 Å². The molecule has 2 aromatic carbocycles. The zero-order valence-corrected chi connectivity index (χ0v) is 14.5. The third-order valence-corrected chi connectivity index (χ3v) is 3.74. The van der Waals surface area contributed by atoms with Gasteiger partial charge in [0.1, 0.15) is 11.5 Å². The Morgan fingerprint density at radius 1 is 0.963 bits per heavy atom. The molecule has 0 radical (unpaired) electrons. The minimum Gasteiger partial charge on any atom is -0.497 e. The van der Waals surface area contributed by atoms with Crippen LogP contribution in [0, 0.1) is 5.92 Å². The number of carboxylic acids is 2. The van der Waals surface area contributed by atoms with E-state index in [2.05, 4.69) is 5.32 Å². The van der Waals surface area contributed by atoms with E-state index < -0.39 is 23.9 Å². The van der Waals surface area contributed by atoms with Gasteiger partial charge in [0.05, 0.1) is 7.11 Å². The Hall–Kier alpha value is -3.55. The Kier molecular flexibility index (Phi) is 6.76. The van der Waals surface area contributed by atoms with Crippen molar-refractivity contribution < 1.29 is 34.1 Å². The lowest BCUT2D eigenvalue weighted by molar-refractivity contribution is -0.154. The molecule has 0 unspecified atom stereocenters. The van der Waals surface area contributed by atoms with Gasteiger partial charge in [-0.25, -0.2) is 4.79 Å². The zero-order chi connectivity index (χ0) is 19.8. The highest BCUT2D eigenvalue weighted by atomic mass is 16.6. The summed E-state index contributed by atoms with van der Waals surface area (Å²) < 4.78 is 10.2. The molecule has 1 amide bonds. The molecule has 0 atom stereocenters. The highest BCUT2D eigenvalue weighted by Gasteiger charge is 2.26. The molecule has 2 aromatic rings. The van der Waals surface area contributed by atoms with Crippen molar-refractivity contribution in [2.45, 2.75) is 13.0 Å². The van der Waals surface area contributed by atoms with Gasteiger partial charge in [0.25, 0.3) is 0 Å². The van der Waals surface area contributed by atoms with Crippen molar-refractivity contribution in [2.75, 3.05) is 7.11 Å². The lowest BCUT2D eigenvalue weighted by Gasteiger charge is -2.10. The standard InChI is InChI=1S/C19H19NO7/c1-26-14-7-5-12(6-8-14)11-20-19(25)27-15-4-2-3-13(9-15)10-16(17(21)22)18(23)24/h2-9,16H,10-11H2,1H3,(H,20,25)(H,21,22)(H,23,24). The number of hydrogen-bond acceptors (Lipinski definition) is 5. The van der Waals surface area contributed by atoms with Gasteiger partial charge < -0.3 is 25.0 Å². The number of hydrogen-bond donors (Lipinski definition) is 3. The van der Waals surface area contributed by atoms with Crippen LogP contribution in [0.5, 0.6) is 11.5 Å². The fourth-order valence-electron chi connectivity index (χ4n) is 2.31. The van der Waals surface area contributed by atoms with Crippen molar-refractivity contribution in [3.05, 3.63) is 59.7 Å². The molecule has 8 nitrogen and oxygen atoms in total. The topological polar surface area (TPSA) is 122 Å². The summed E-state index contributed by atoms with van der Waals surface area (Å²) in [5, 5.41) is 20.5. The van der Waals surface area contributed by atoms with E-state index in [1.54, 1.807) is 43.5 Å². The molecule has 27 heavy (non-hydrogen) atoms. The van der Waals surface area contributed by atoms with Crippen LogP contribution < -0.4 is 14.8 Å². The minimum absolute atomic E-state index is 0.189. The summed E-state index contributed by atoms with van der Waals surface area (Å²) in [5.41, 5.74) is 1.29. The second-order valence-corrected chi connectivity index (χ2v) is 5.67. The van der Waals surface area contributed by atoms with Crippen LogP contribution in [0.15, 0.2) is 48.5 Å². The zero-order valence-electron chi connectivity index (χ0n) is 14.5. The molecule has 0 aromatic heterocycles. The number of carbonyl (C=O) groups excluding carboxylic acids is 1. The van der Waals surface area contributed by atoms with Crippen molar-refractivity contribution in [1.29, 1.82) is 0 Å². The van der Waals surface area contributed by atoms with E-state index in [9.17, 15) is 14.4 Å². The summed E-state index contributed by atoms with van der Waals surface area (Å²) in [6, 6.07) is 13.2. The summed E-state index contributed by atoms with van der Waals surface area (Å²) in [6.45, 7) is 0.253. The number of aliphatic carboxylic acids is 2. The van der Waals surface area contributed by atoms with Gasteiger partial charge in [-0.1, -0.05) is 24.3 Å². The third kappa shape index (κ3) is 6.03. The largest absolute Gasteiger partial charge is 0.497 e. The first-order chi connectivity index (χ1) is 12.9. The number of methoxy groups -OCH3 is 1. The molecule has 8 heteroatoms. The van der Waals surface area contributed by atoms with E-state index in [4.69, 9.17) is 19.7 Å². The molecule has 0 aliphatic heterocycles. The molecular formula is C19H19NO7. The number of nitrogens with one attached hydrogen (secondary N) is 1. The van der Waals surface area contributed by atoms with Crippen LogP contribution in [0.3, 0.4) is 0 Å². The van der Waals surface area contributed by atoms with E-state index in [1.165, 1.54) is 12.1 Å². The minimum atomic E-state index is -1.57. The number of carbonyl (C=O) groups is 3. The molecule has 142 valence electrons. The summed E-state index contributed by atoms with van der Waals surface area (Å²) >= 11 is 0. The smallest absolute Gasteiger partial charge is 0.412 e. The molecule has 0 aliphatic carbocycles. The van der Waals surface area contributed by atoms with E-state index >= 15 is 0 Å². The number of rotatable bonds is 8. The third-order valence-electron chi connectivity index (χ3n) is 3.74. The first kappa shape index (κ1) is 19.8. The van der Waals surface area contributed by atoms with Crippen molar-refractivity contribution in [1.82, 2.24) is 5.32 Å². The lowest BCUT2D eigenvalue weighted by atomic mass is 9.99. The van der Waals surface area contributed by atoms with E-state index in [0.29, 0.717) is 11.3 Å². The van der Waals surface area contributed by atoms with Crippen LogP contribution in [-0.2, 0) is 22.6 Å². The van der Waals surface area contributed by atoms with Crippen LogP contribution in [0.25, 0.3) is 0 Å². The molecule has 0 heterocycles. The SMILES string of the molecule is COc1ccc(CNC(=O)Oc2cccc(CC(C(=O)O)C(=O)O)c2)cc1. The number of benzene rings is 2. The van der Waals surface area contributed by atoms with Gasteiger partial charge in [-0.05, 0) is 41.8 Å². The van der Waals surface area contributed by atoms with Crippen LogP contribution in [0.2, 0.25) is 0 Å². The Morgan fingerprint density at radius 3 is 2.22 bits per heavy atom. The van der Waals surface area contributed by atoms with E-state index in [0.717, 1.165) is 5.56 Å². The Bertz CT molecular complexity index is 803. The van der Waals surface area contributed by atoms with Gasteiger partial charge in [-0.3, -0.25) is 9.59 Å². The first-order valence-electron chi connectivity index (χ1n) is 8.02. The predicted molar refractivity (Wildman–Crippen MR) is 94.8 cm³/mol. The Morgan fingerprint density at radius 2 is 1.63 bits per heavy atom. The Balaban J connectivity index is 1.93. The van der Waals surface area contributed by atoms with Gasteiger partial charge in [0, 0.05) is 6.54 Å². The first-order valence-corrected chi connectivity index (χ1v) is 8.02. The van der Waals surface area contributed by atoms with Gasteiger partial charge in [0.2, 0.25) is 0 Å². The Labute approximate surface area is 155 Å². The van der Waals surface area contributed by atoms with Crippen molar-refractivity contribution in [2.24, 2.45) is 5.92 Å². The fourth-order valence-corrected chi connectivity index (χ4v) is 2.31. The monoisotopic (exact) mass is 373 g/mol. The molecular weight excluding hydrogens is 354 g/mol. The second-order valence-electron chi connectivity index (χ2n) is 5.67. The quantitative estimate of drug-likeness (QED) is 0.607. The maximum atomic E-state index is 11.9. The highest BCUT2D eigenvalue weighted by molar-refractivity contribution is 5.93. The highest BCUT2D eigenvalue weighted by Crippen LogP contribution is 2.17. The number of ether oxygens (including phenoxy) is 2. The average molecular weight is 373 g/mol. The molecule has 0 saturated heterocycles. The summed E-state index contributed by atoms with van der Waals surface area (Å²) in [4.78, 5) is 33.9. The lowest BCUT2D eigenvalue weighted by Crippen LogP contribution is -2.26. The van der Waals surface area contributed by atoms with Gasteiger partial charge in [-0.2, -0.15) is 0 Å². The molecule has 2 rings (SSSR count). The van der Waals surface area contributed by atoms with Gasteiger partial charge in [0.15, 0.2) is 5.92 Å². The maximum absolute atomic E-state index is 11.9. The fraction of sp³-hybridized carbons (Fsp3) is 0.211. The average Bonchev–Trinajstić information content (AvgIpc) is 2.64. The van der Waals surface area contributed by atoms with Gasteiger partial charge >= 0.3 is 18.0 Å². The van der Waals surface area contributed by atoms with Crippen LogP contribution in [0.1, 0.15) is 11.1 Å². The summed E-state index contributed by atoms with van der Waals surface area (Å²) in [5.74, 6) is -3.52. The molecule has 0 fully saturated rings. The molecule has 0 spiro atoms. The van der Waals surface area contributed by atoms with Crippen molar-refractivity contribution in [3.8, 4) is 11.5 Å². The van der Waals surface area contributed by atoms with Gasteiger partial charge in [-0.15, -0.1) is 0 Å². The number of amides is 1. The molecule has 0 aliphatic rings. The van der Waals surface area contributed by atoms with Crippen molar-refractivity contribution in [3.63, 3.8) is 0 Å². The number of carboxylic acid groups (broad SMARTS) is 2.